The van der Waals surface area contributed by atoms with Crippen molar-refractivity contribution in [3.05, 3.63) is 22.9 Å². The van der Waals surface area contributed by atoms with Gasteiger partial charge in [-0.25, -0.2) is 8.42 Å². The molecule has 0 saturated heterocycles. The van der Waals surface area contributed by atoms with Crippen LogP contribution in [0.25, 0.3) is 0 Å². The molecule has 0 radical (unpaired) electrons. The predicted octanol–water partition coefficient (Wildman–Crippen LogP) is 0.638. The number of hydrogen-bond donors (Lipinski definition) is 0. The number of likely N-dealkylation sites (N-methyl/N-ethyl adjacent to an activating group) is 1. The minimum Gasteiger partial charge on any atom is -0.468 e. The highest BCUT2D eigenvalue weighted by molar-refractivity contribution is 9.10. The van der Waals surface area contributed by atoms with Gasteiger partial charge >= 0.3 is 5.97 Å². The molecule has 0 fully saturated rings. The van der Waals surface area contributed by atoms with Gasteiger partial charge in [-0.15, -0.1) is 0 Å². The van der Waals surface area contributed by atoms with Crippen LogP contribution in [0.3, 0.4) is 0 Å². The fourth-order valence-electron chi connectivity index (χ4n) is 1.04. The third-order valence-electron chi connectivity index (χ3n) is 1.97. The van der Waals surface area contributed by atoms with E-state index in [0.717, 1.165) is 4.31 Å². The van der Waals surface area contributed by atoms with E-state index in [2.05, 4.69) is 25.7 Å². The Morgan fingerprint density at radius 3 is 2.71 bits per heavy atom. The lowest BCUT2D eigenvalue weighted by molar-refractivity contribution is -0.140. The van der Waals surface area contributed by atoms with Gasteiger partial charge in [0.2, 0.25) is 10.0 Å². The monoisotopic (exact) mass is 322 g/mol. The molecule has 0 spiro atoms. The van der Waals surface area contributed by atoms with Crippen LogP contribution in [0.5, 0.6) is 0 Å². The van der Waals surface area contributed by atoms with Crippen molar-refractivity contribution in [1.82, 2.24) is 9.29 Å². The van der Waals surface area contributed by atoms with Crippen LogP contribution in [0.2, 0.25) is 0 Å². The lowest BCUT2D eigenvalue weighted by Gasteiger charge is -2.15. The summed E-state index contributed by atoms with van der Waals surface area (Å²) >= 11 is 3.13. The molecule has 0 bridgehead atoms. The molecule has 0 atom stereocenters. The van der Waals surface area contributed by atoms with Crippen molar-refractivity contribution < 1.29 is 17.9 Å². The highest BCUT2D eigenvalue weighted by Gasteiger charge is 2.23. The molecule has 0 aliphatic carbocycles. The number of carbonyl (C=O) groups excluding carboxylic acids is 1. The van der Waals surface area contributed by atoms with Gasteiger partial charge in [0.15, 0.2) is 0 Å². The molecule has 0 aliphatic heterocycles. The Bertz CT molecular complexity index is 517. The maximum Gasteiger partial charge on any atom is 0.321 e. The summed E-state index contributed by atoms with van der Waals surface area (Å²) < 4.78 is 29.8. The standard InChI is InChI=1S/C9H11BrN2O4S/c1-12(6-9(13)16-2)17(14,15)8-3-7(10)4-11-5-8/h3-5H,6H2,1-2H3. The lowest BCUT2D eigenvalue weighted by atomic mass is 10.5. The van der Waals surface area contributed by atoms with Gasteiger partial charge in [0.25, 0.3) is 0 Å². The number of esters is 1. The van der Waals surface area contributed by atoms with Crippen LogP contribution in [0.4, 0.5) is 0 Å². The van der Waals surface area contributed by atoms with Crippen LogP contribution in [-0.2, 0) is 19.6 Å². The van der Waals surface area contributed by atoms with Gasteiger partial charge in [0.1, 0.15) is 11.4 Å². The number of ether oxygens (including phenoxy) is 1. The van der Waals surface area contributed by atoms with Gasteiger partial charge < -0.3 is 4.74 Å². The van der Waals surface area contributed by atoms with E-state index >= 15 is 0 Å². The first-order valence-corrected chi connectivity index (χ1v) is 6.75. The zero-order chi connectivity index (χ0) is 13.1. The third kappa shape index (κ3) is 3.48. The van der Waals surface area contributed by atoms with Crippen LogP contribution >= 0.6 is 15.9 Å². The van der Waals surface area contributed by atoms with Gasteiger partial charge in [-0.3, -0.25) is 9.78 Å². The largest absolute Gasteiger partial charge is 0.468 e. The molecule has 94 valence electrons. The highest BCUT2D eigenvalue weighted by Crippen LogP contribution is 2.17. The quantitative estimate of drug-likeness (QED) is 0.760. The lowest BCUT2D eigenvalue weighted by Crippen LogP contribution is -2.32. The van der Waals surface area contributed by atoms with Crippen molar-refractivity contribution in [2.24, 2.45) is 0 Å². The summed E-state index contributed by atoms with van der Waals surface area (Å²) in [6.45, 7) is -0.342. The number of pyridine rings is 1. The van der Waals surface area contributed by atoms with Crippen LogP contribution in [0.1, 0.15) is 0 Å². The second-order valence-corrected chi connectivity index (χ2v) is 6.14. The molecule has 0 amide bonds. The first kappa shape index (κ1) is 14.1. The molecule has 1 aromatic heterocycles. The number of sulfonamides is 1. The van der Waals surface area contributed by atoms with Gasteiger partial charge in [-0.1, -0.05) is 0 Å². The average molecular weight is 323 g/mol. The Morgan fingerprint density at radius 1 is 1.53 bits per heavy atom. The molecule has 1 rings (SSSR count). The molecule has 0 N–H and O–H groups in total. The predicted molar refractivity (Wildman–Crippen MR) is 63.8 cm³/mol. The Balaban J connectivity index is 2.99. The molecule has 0 aliphatic rings. The van der Waals surface area contributed by atoms with E-state index in [-0.39, 0.29) is 11.4 Å². The number of halogens is 1. The molecular formula is C9H11BrN2O4S. The molecule has 1 heterocycles. The molecule has 1 aromatic rings. The van der Waals surface area contributed by atoms with Crippen molar-refractivity contribution in [3.8, 4) is 0 Å². The number of rotatable bonds is 4. The normalized spacial score (nSPS) is 11.5. The fraction of sp³-hybridized carbons (Fsp3) is 0.333. The summed E-state index contributed by atoms with van der Waals surface area (Å²) in [5.41, 5.74) is 0. The third-order valence-corrected chi connectivity index (χ3v) is 4.17. The Morgan fingerprint density at radius 2 is 2.18 bits per heavy atom. The van der Waals surface area contributed by atoms with Crippen molar-refractivity contribution in [1.29, 1.82) is 0 Å². The number of hydrogen-bond acceptors (Lipinski definition) is 5. The Kier molecular flexibility index (Phi) is 4.61. The van der Waals surface area contributed by atoms with Crippen molar-refractivity contribution >= 4 is 31.9 Å². The number of methoxy groups -OCH3 is 1. The summed E-state index contributed by atoms with van der Waals surface area (Å²) in [5.74, 6) is -0.626. The second-order valence-electron chi connectivity index (χ2n) is 3.18. The van der Waals surface area contributed by atoms with Crippen molar-refractivity contribution in [3.63, 3.8) is 0 Å². The summed E-state index contributed by atoms with van der Waals surface area (Å²) in [4.78, 5) is 14.8. The highest BCUT2D eigenvalue weighted by atomic mass is 79.9. The molecule has 0 saturated carbocycles. The minimum atomic E-state index is -3.73. The van der Waals surface area contributed by atoms with Crippen LogP contribution < -0.4 is 0 Å². The zero-order valence-electron chi connectivity index (χ0n) is 9.25. The molecule has 0 aromatic carbocycles. The van der Waals surface area contributed by atoms with Gasteiger partial charge in [-0.2, -0.15) is 4.31 Å². The van der Waals surface area contributed by atoms with E-state index in [1.165, 1.54) is 32.6 Å². The number of carbonyl (C=O) groups is 1. The van der Waals surface area contributed by atoms with Crippen LogP contribution in [0.15, 0.2) is 27.8 Å². The van der Waals surface area contributed by atoms with Crippen LogP contribution in [0, 0.1) is 0 Å². The molecule has 8 heteroatoms. The Hall–Kier alpha value is -0.990. The summed E-state index contributed by atoms with van der Waals surface area (Å²) in [5, 5.41) is 0. The topological polar surface area (TPSA) is 76.6 Å². The first-order valence-electron chi connectivity index (χ1n) is 4.51. The van der Waals surface area contributed by atoms with Crippen LogP contribution in [-0.4, -0.2) is 44.4 Å². The van der Waals surface area contributed by atoms with E-state index in [4.69, 9.17) is 0 Å². The fourth-order valence-corrected chi connectivity index (χ4v) is 2.67. The summed E-state index contributed by atoms with van der Waals surface area (Å²) in [7, 11) is -1.23. The van der Waals surface area contributed by atoms with Gasteiger partial charge in [0, 0.05) is 23.9 Å². The SMILES string of the molecule is COC(=O)CN(C)S(=O)(=O)c1cncc(Br)c1. The molecule has 17 heavy (non-hydrogen) atoms. The average Bonchev–Trinajstić information content (AvgIpc) is 2.28. The van der Waals surface area contributed by atoms with Gasteiger partial charge in [-0.05, 0) is 22.0 Å². The maximum absolute atomic E-state index is 12.0. The van der Waals surface area contributed by atoms with E-state index in [0.29, 0.717) is 4.47 Å². The van der Waals surface area contributed by atoms with E-state index in [1.807, 2.05) is 0 Å². The smallest absolute Gasteiger partial charge is 0.321 e. The summed E-state index contributed by atoms with van der Waals surface area (Å²) in [6, 6.07) is 1.41. The Labute approximate surface area is 108 Å². The van der Waals surface area contributed by atoms with E-state index in [1.54, 1.807) is 0 Å². The first-order chi connectivity index (χ1) is 7.87. The zero-order valence-corrected chi connectivity index (χ0v) is 11.7. The van der Waals surface area contributed by atoms with E-state index in [9.17, 15) is 13.2 Å². The number of aromatic nitrogens is 1. The molecular weight excluding hydrogens is 312 g/mol. The number of nitrogens with zero attached hydrogens (tertiary/aromatic N) is 2. The molecule has 6 nitrogen and oxygen atoms in total. The van der Waals surface area contributed by atoms with Crippen molar-refractivity contribution in [2.75, 3.05) is 20.7 Å². The summed E-state index contributed by atoms with van der Waals surface area (Å²) in [6.07, 6.45) is 2.69. The maximum atomic E-state index is 12.0. The minimum absolute atomic E-state index is 0.0123. The second kappa shape index (κ2) is 5.56. The van der Waals surface area contributed by atoms with Gasteiger partial charge in [0.05, 0.1) is 7.11 Å². The molecule has 0 unspecified atom stereocenters. The van der Waals surface area contributed by atoms with Crippen molar-refractivity contribution in [2.45, 2.75) is 4.90 Å². The van der Waals surface area contributed by atoms with E-state index < -0.39 is 16.0 Å².